The Morgan fingerprint density at radius 3 is 1.64 bits per heavy atom. The lowest BCUT2D eigenvalue weighted by atomic mass is 10.2. The fraction of sp³-hybridized carbons (Fsp3) is 0.182. The second kappa shape index (κ2) is 7.15. The van der Waals surface area contributed by atoms with E-state index in [4.69, 9.17) is 0 Å². The molecule has 0 saturated heterocycles. The molecule has 0 aromatic heterocycles. The second-order valence-corrected chi connectivity index (χ2v) is 15.9. The predicted molar refractivity (Wildman–Crippen MR) is 113 cm³/mol. The van der Waals surface area contributed by atoms with Crippen molar-refractivity contribution < 1.29 is 4.57 Å². The van der Waals surface area contributed by atoms with Crippen molar-refractivity contribution in [3.8, 4) is 0 Å². The standard InChI is InChI=1S/C22H25OPSi/c1-25(2,3)18-19-11-10-16-22(17-19)24(23,20-12-6-4-7-13-20)21-14-8-5-9-15-21/h4-17H,18H2,1-3H3. The van der Waals surface area contributed by atoms with Crippen LogP contribution in [0.15, 0.2) is 84.9 Å². The third-order valence-corrected chi connectivity index (χ3v) is 8.77. The van der Waals surface area contributed by atoms with Crippen LogP contribution >= 0.6 is 7.14 Å². The van der Waals surface area contributed by atoms with E-state index in [2.05, 4.69) is 37.8 Å². The summed E-state index contributed by atoms with van der Waals surface area (Å²) in [5.41, 5.74) is 1.30. The van der Waals surface area contributed by atoms with E-state index in [0.717, 1.165) is 22.0 Å². The van der Waals surface area contributed by atoms with Crippen LogP contribution in [0, 0.1) is 0 Å². The Bertz CT molecular complexity index is 839. The Morgan fingerprint density at radius 1 is 0.680 bits per heavy atom. The van der Waals surface area contributed by atoms with Crippen LogP contribution in [0.3, 0.4) is 0 Å². The normalized spacial score (nSPS) is 12.1. The van der Waals surface area contributed by atoms with Gasteiger partial charge in [-0.25, -0.2) is 0 Å². The Morgan fingerprint density at radius 2 is 1.16 bits per heavy atom. The van der Waals surface area contributed by atoms with Crippen molar-refractivity contribution in [1.82, 2.24) is 0 Å². The Balaban J connectivity index is 2.17. The minimum Gasteiger partial charge on any atom is -0.309 e. The Labute approximate surface area is 152 Å². The summed E-state index contributed by atoms with van der Waals surface area (Å²) in [6, 6.07) is 29.3. The summed E-state index contributed by atoms with van der Waals surface area (Å²) < 4.78 is 14.3. The molecule has 0 N–H and O–H groups in total. The van der Waals surface area contributed by atoms with Gasteiger partial charge in [-0.3, -0.25) is 0 Å². The van der Waals surface area contributed by atoms with E-state index in [1.54, 1.807) is 0 Å². The first-order valence-corrected chi connectivity index (χ1v) is 14.1. The molecule has 0 aliphatic heterocycles. The number of rotatable bonds is 5. The summed E-state index contributed by atoms with van der Waals surface area (Å²) in [7, 11) is -4.08. The fourth-order valence-electron chi connectivity index (χ4n) is 3.20. The maximum Gasteiger partial charge on any atom is 0.171 e. The van der Waals surface area contributed by atoms with Gasteiger partial charge in [-0.05, 0) is 17.7 Å². The SMILES string of the molecule is C[Si](C)(C)Cc1cccc(P(=O)(c2ccccc2)c2ccccc2)c1. The van der Waals surface area contributed by atoms with Crippen molar-refractivity contribution >= 4 is 31.1 Å². The predicted octanol–water partition coefficient (Wildman–Crippen LogP) is 4.75. The average Bonchev–Trinajstić information content (AvgIpc) is 2.61. The van der Waals surface area contributed by atoms with Gasteiger partial charge < -0.3 is 4.57 Å². The molecule has 3 aromatic rings. The van der Waals surface area contributed by atoms with Gasteiger partial charge in [0.1, 0.15) is 0 Å². The van der Waals surface area contributed by atoms with Gasteiger partial charge in [0, 0.05) is 24.0 Å². The van der Waals surface area contributed by atoms with Gasteiger partial charge in [-0.1, -0.05) is 98.5 Å². The molecule has 0 heterocycles. The molecule has 1 nitrogen and oxygen atoms in total. The monoisotopic (exact) mass is 364 g/mol. The molecule has 0 saturated carbocycles. The summed E-state index contributed by atoms with van der Waals surface area (Å²) in [5.74, 6) is 0. The number of hydrogen-bond acceptors (Lipinski definition) is 1. The lowest BCUT2D eigenvalue weighted by molar-refractivity contribution is 0.592. The Kier molecular flexibility index (Phi) is 5.13. The molecule has 25 heavy (non-hydrogen) atoms. The smallest absolute Gasteiger partial charge is 0.171 e. The lowest BCUT2D eigenvalue weighted by Gasteiger charge is -2.22. The highest BCUT2D eigenvalue weighted by Gasteiger charge is 2.29. The van der Waals surface area contributed by atoms with E-state index in [-0.39, 0.29) is 0 Å². The quantitative estimate of drug-likeness (QED) is 0.472. The van der Waals surface area contributed by atoms with Crippen LogP contribution in [0.4, 0.5) is 0 Å². The van der Waals surface area contributed by atoms with Gasteiger partial charge in [0.05, 0.1) is 0 Å². The van der Waals surface area contributed by atoms with E-state index in [9.17, 15) is 4.57 Å². The number of benzene rings is 3. The molecule has 128 valence electrons. The van der Waals surface area contributed by atoms with Crippen LogP contribution in [-0.4, -0.2) is 8.07 Å². The van der Waals surface area contributed by atoms with Crippen molar-refractivity contribution in [1.29, 1.82) is 0 Å². The van der Waals surface area contributed by atoms with Gasteiger partial charge in [-0.15, -0.1) is 0 Å². The van der Waals surface area contributed by atoms with Crippen LogP contribution < -0.4 is 15.9 Å². The van der Waals surface area contributed by atoms with E-state index in [0.29, 0.717) is 0 Å². The summed E-state index contributed by atoms with van der Waals surface area (Å²) in [6.45, 7) is 7.11. The maximum atomic E-state index is 14.3. The van der Waals surface area contributed by atoms with Crippen molar-refractivity contribution in [3.05, 3.63) is 90.5 Å². The van der Waals surface area contributed by atoms with Crippen molar-refractivity contribution in [2.24, 2.45) is 0 Å². The van der Waals surface area contributed by atoms with Crippen LogP contribution in [0.2, 0.25) is 19.6 Å². The molecule has 0 unspecified atom stereocenters. The van der Waals surface area contributed by atoms with Gasteiger partial charge in [0.2, 0.25) is 0 Å². The van der Waals surface area contributed by atoms with Gasteiger partial charge >= 0.3 is 0 Å². The third-order valence-electron chi connectivity index (χ3n) is 4.25. The summed E-state index contributed by atoms with van der Waals surface area (Å²) in [5, 5.41) is 2.72. The van der Waals surface area contributed by atoms with E-state index < -0.39 is 15.2 Å². The topological polar surface area (TPSA) is 17.1 Å². The molecule has 3 aromatic carbocycles. The molecule has 0 aliphatic rings. The minimum atomic E-state index is -2.85. The summed E-state index contributed by atoms with van der Waals surface area (Å²) in [6.07, 6.45) is 0. The van der Waals surface area contributed by atoms with Crippen LogP contribution in [0.25, 0.3) is 0 Å². The van der Waals surface area contributed by atoms with Crippen molar-refractivity contribution in [3.63, 3.8) is 0 Å². The highest BCUT2D eigenvalue weighted by molar-refractivity contribution is 7.85. The Hall–Kier alpha value is -1.89. The molecular formula is C22H25OPSi. The first-order valence-electron chi connectivity index (χ1n) is 8.70. The summed E-state index contributed by atoms with van der Waals surface area (Å²) in [4.78, 5) is 0. The van der Waals surface area contributed by atoms with Crippen LogP contribution in [0.5, 0.6) is 0 Å². The molecular weight excluding hydrogens is 339 g/mol. The molecule has 0 atom stereocenters. The zero-order valence-electron chi connectivity index (χ0n) is 15.1. The molecule has 0 spiro atoms. The van der Waals surface area contributed by atoms with E-state index in [1.807, 2.05) is 66.7 Å². The average molecular weight is 365 g/mol. The maximum absolute atomic E-state index is 14.3. The van der Waals surface area contributed by atoms with E-state index in [1.165, 1.54) is 5.56 Å². The minimum absolute atomic E-state index is 0.895. The molecule has 0 amide bonds. The number of hydrogen-bond donors (Lipinski definition) is 0. The second-order valence-electron chi connectivity index (χ2n) is 7.69. The summed E-state index contributed by atoms with van der Waals surface area (Å²) >= 11 is 0. The molecule has 3 heteroatoms. The largest absolute Gasteiger partial charge is 0.309 e. The lowest BCUT2D eigenvalue weighted by Crippen LogP contribution is -2.27. The molecule has 3 rings (SSSR count). The molecule has 0 fully saturated rings. The van der Waals surface area contributed by atoms with Gasteiger partial charge in [0.15, 0.2) is 7.14 Å². The van der Waals surface area contributed by atoms with Gasteiger partial charge in [-0.2, -0.15) is 0 Å². The van der Waals surface area contributed by atoms with Crippen LogP contribution in [-0.2, 0) is 10.6 Å². The first kappa shape index (κ1) is 17.9. The highest BCUT2D eigenvalue weighted by atomic mass is 31.2. The van der Waals surface area contributed by atoms with Crippen molar-refractivity contribution in [2.45, 2.75) is 25.7 Å². The zero-order chi connectivity index (χ0) is 17.9. The third kappa shape index (κ3) is 4.03. The molecule has 0 aliphatic carbocycles. The zero-order valence-corrected chi connectivity index (χ0v) is 17.0. The molecule has 0 bridgehead atoms. The highest BCUT2D eigenvalue weighted by Crippen LogP contribution is 2.42. The first-order chi connectivity index (χ1) is 11.9. The molecule has 0 radical (unpaired) electrons. The van der Waals surface area contributed by atoms with Gasteiger partial charge in [0.25, 0.3) is 0 Å². The fourth-order valence-corrected chi connectivity index (χ4v) is 7.36. The van der Waals surface area contributed by atoms with E-state index >= 15 is 0 Å². The van der Waals surface area contributed by atoms with Crippen LogP contribution in [0.1, 0.15) is 5.56 Å². The van der Waals surface area contributed by atoms with Crippen molar-refractivity contribution in [2.75, 3.05) is 0 Å².